The second-order valence-corrected chi connectivity index (χ2v) is 7.89. The van der Waals surface area contributed by atoms with E-state index in [1.54, 1.807) is 30.3 Å². The summed E-state index contributed by atoms with van der Waals surface area (Å²) in [6.45, 7) is 2.02. The van der Waals surface area contributed by atoms with Gasteiger partial charge in [0.1, 0.15) is 5.75 Å². The predicted molar refractivity (Wildman–Crippen MR) is 131 cm³/mol. The van der Waals surface area contributed by atoms with Crippen molar-refractivity contribution in [1.82, 2.24) is 16.2 Å². The normalized spacial score (nSPS) is 11.5. The summed E-state index contributed by atoms with van der Waals surface area (Å²) >= 11 is 5.47. The van der Waals surface area contributed by atoms with Gasteiger partial charge in [0.15, 0.2) is 5.11 Å². The van der Waals surface area contributed by atoms with Crippen LogP contribution in [0.1, 0.15) is 33.1 Å². The Morgan fingerprint density at radius 1 is 0.844 bits per heavy atom. The summed E-state index contributed by atoms with van der Waals surface area (Å²) in [6.07, 6.45) is 0. The highest BCUT2D eigenvalue weighted by atomic mass is 32.1. The fourth-order valence-corrected chi connectivity index (χ4v) is 3.78. The van der Waals surface area contributed by atoms with Crippen molar-refractivity contribution in [2.24, 2.45) is 0 Å². The third-order valence-corrected chi connectivity index (χ3v) is 5.47. The van der Waals surface area contributed by atoms with Crippen molar-refractivity contribution in [3.63, 3.8) is 0 Å². The second kappa shape index (κ2) is 9.49. The number of aryl methyl sites for hydroxylation is 1. The number of phenols is 1. The van der Waals surface area contributed by atoms with Gasteiger partial charge in [0.25, 0.3) is 5.91 Å². The topological polar surface area (TPSA) is 73.4 Å². The van der Waals surface area contributed by atoms with Crippen molar-refractivity contribution in [1.29, 1.82) is 0 Å². The number of hydrogen-bond donors (Lipinski definition) is 4. The van der Waals surface area contributed by atoms with E-state index in [0.29, 0.717) is 11.1 Å². The highest BCUT2D eigenvalue weighted by Gasteiger charge is 2.21. The lowest BCUT2D eigenvalue weighted by atomic mass is 9.92. The Hall–Kier alpha value is -3.90. The molecule has 0 aliphatic rings. The zero-order valence-corrected chi connectivity index (χ0v) is 18.3. The number of benzene rings is 4. The number of phenolic OH excluding ortho intramolecular Hbond substituents is 1. The lowest BCUT2D eigenvalue weighted by Crippen LogP contribution is -2.47. The number of fused-ring (bicyclic) bond motifs is 1. The van der Waals surface area contributed by atoms with Crippen molar-refractivity contribution in [2.75, 3.05) is 0 Å². The van der Waals surface area contributed by atoms with Crippen molar-refractivity contribution >= 4 is 34.0 Å². The highest BCUT2D eigenvalue weighted by Crippen LogP contribution is 2.35. The first kappa shape index (κ1) is 21.3. The van der Waals surface area contributed by atoms with Gasteiger partial charge in [-0.1, -0.05) is 78.4 Å². The van der Waals surface area contributed by atoms with Crippen LogP contribution in [0, 0.1) is 6.92 Å². The number of carbonyl (C=O) groups excluding carboxylic acids is 1. The molecule has 160 valence electrons. The molecule has 0 bridgehead atoms. The predicted octanol–water partition coefficient (Wildman–Crippen LogP) is 4.75. The standard InChI is InChI=1S/C26H23N3O2S/c1-17-11-13-19(14-12-17)24(23-21-10-6-5-7-18(21)15-16-22(23)30)27-26(32)29-28-25(31)20-8-3-2-4-9-20/h2-16,24,30H,1H3,(H,28,31)(H2,27,29,32). The SMILES string of the molecule is Cc1ccc(C(NC(=S)NNC(=O)c2ccccc2)c2c(O)ccc3ccccc23)cc1. The smallest absolute Gasteiger partial charge is 0.269 e. The first-order valence-electron chi connectivity index (χ1n) is 10.2. The molecule has 0 saturated heterocycles. The minimum absolute atomic E-state index is 0.165. The fourth-order valence-electron chi connectivity index (χ4n) is 3.61. The Bertz CT molecular complexity index is 1260. The zero-order valence-electron chi connectivity index (χ0n) is 17.5. The van der Waals surface area contributed by atoms with Gasteiger partial charge in [-0.25, -0.2) is 0 Å². The summed E-state index contributed by atoms with van der Waals surface area (Å²) in [4.78, 5) is 12.3. The van der Waals surface area contributed by atoms with E-state index in [-0.39, 0.29) is 16.8 Å². The van der Waals surface area contributed by atoms with Gasteiger partial charge in [0.05, 0.1) is 6.04 Å². The number of aromatic hydroxyl groups is 1. The number of nitrogens with one attached hydrogen (secondary N) is 3. The molecule has 1 amide bonds. The third-order valence-electron chi connectivity index (χ3n) is 5.25. The van der Waals surface area contributed by atoms with Crippen LogP contribution in [0.3, 0.4) is 0 Å². The first-order chi connectivity index (χ1) is 15.5. The van der Waals surface area contributed by atoms with Crippen LogP contribution in [0.15, 0.2) is 91.0 Å². The molecule has 6 heteroatoms. The van der Waals surface area contributed by atoms with Gasteiger partial charge in [-0.15, -0.1) is 0 Å². The van der Waals surface area contributed by atoms with Crippen molar-refractivity contribution in [3.05, 3.63) is 113 Å². The molecule has 0 saturated carbocycles. The Balaban J connectivity index is 1.63. The van der Waals surface area contributed by atoms with Gasteiger partial charge in [0, 0.05) is 11.1 Å². The molecule has 0 spiro atoms. The van der Waals surface area contributed by atoms with Crippen LogP contribution in [-0.2, 0) is 0 Å². The maximum absolute atomic E-state index is 12.3. The van der Waals surface area contributed by atoms with E-state index < -0.39 is 6.04 Å². The minimum atomic E-state index is -0.435. The number of hydrogen-bond acceptors (Lipinski definition) is 3. The van der Waals surface area contributed by atoms with Gasteiger partial charge in [-0.05, 0) is 53.7 Å². The van der Waals surface area contributed by atoms with Crippen LogP contribution in [-0.4, -0.2) is 16.1 Å². The van der Waals surface area contributed by atoms with Crippen molar-refractivity contribution in [3.8, 4) is 5.75 Å². The first-order valence-corrected chi connectivity index (χ1v) is 10.6. The molecule has 5 nitrogen and oxygen atoms in total. The number of hydrazine groups is 1. The van der Waals surface area contributed by atoms with E-state index in [4.69, 9.17) is 12.2 Å². The average Bonchev–Trinajstić information content (AvgIpc) is 2.82. The van der Waals surface area contributed by atoms with Crippen molar-refractivity contribution < 1.29 is 9.90 Å². The number of rotatable bonds is 4. The molecule has 4 aromatic carbocycles. The van der Waals surface area contributed by atoms with Crippen LogP contribution in [0.4, 0.5) is 0 Å². The molecule has 0 heterocycles. The number of thiocarbonyl (C=S) groups is 1. The molecule has 4 N–H and O–H groups in total. The zero-order chi connectivity index (χ0) is 22.5. The van der Waals surface area contributed by atoms with Crippen LogP contribution in [0.25, 0.3) is 10.8 Å². The van der Waals surface area contributed by atoms with E-state index >= 15 is 0 Å². The van der Waals surface area contributed by atoms with E-state index in [2.05, 4.69) is 16.2 Å². The van der Waals surface area contributed by atoms with Gasteiger partial charge in [-0.3, -0.25) is 15.6 Å². The Morgan fingerprint density at radius 3 is 2.28 bits per heavy atom. The molecule has 4 aromatic rings. The quantitative estimate of drug-likeness (QED) is 0.272. The van der Waals surface area contributed by atoms with Crippen molar-refractivity contribution in [2.45, 2.75) is 13.0 Å². The Labute approximate surface area is 192 Å². The summed E-state index contributed by atoms with van der Waals surface area (Å²) in [7, 11) is 0. The lowest BCUT2D eigenvalue weighted by Gasteiger charge is -2.24. The van der Waals surface area contributed by atoms with Gasteiger partial charge in [0.2, 0.25) is 0 Å². The second-order valence-electron chi connectivity index (χ2n) is 7.48. The summed E-state index contributed by atoms with van der Waals surface area (Å²) < 4.78 is 0. The van der Waals surface area contributed by atoms with Gasteiger partial charge < -0.3 is 10.4 Å². The molecule has 0 aromatic heterocycles. The maximum atomic E-state index is 12.3. The lowest BCUT2D eigenvalue weighted by molar-refractivity contribution is 0.0943. The molecule has 1 unspecified atom stereocenters. The largest absolute Gasteiger partial charge is 0.508 e. The molecular weight excluding hydrogens is 418 g/mol. The molecule has 0 aliphatic heterocycles. The Kier molecular flexibility index (Phi) is 6.33. The monoisotopic (exact) mass is 441 g/mol. The minimum Gasteiger partial charge on any atom is -0.508 e. The molecule has 4 rings (SSSR count). The summed E-state index contributed by atoms with van der Waals surface area (Å²) in [5.74, 6) is -0.132. The molecule has 1 atom stereocenters. The molecule has 0 radical (unpaired) electrons. The maximum Gasteiger partial charge on any atom is 0.269 e. The fraction of sp³-hybridized carbons (Fsp3) is 0.0769. The van der Waals surface area contributed by atoms with E-state index in [1.807, 2.05) is 67.6 Å². The number of amides is 1. The Morgan fingerprint density at radius 2 is 1.53 bits per heavy atom. The van der Waals surface area contributed by atoms with E-state index in [0.717, 1.165) is 21.9 Å². The van der Waals surface area contributed by atoms with Gasteiger partial charge in [-0.2, -0.15) is 0 Å². The van der Waals surface area contributed by atoms with E-state index in [1.165, 1.54) is 0 Å². The average molecular weight is 442 g/mol. The van der Waals surface area contributed by atoms with Crippen LogP contribution >= 0.6 is 12.2 Å². The summed E-state index contributed by atoms with van der Waals surface area (Å²) in [5.41, 5.74) is 8.67. The molecule has 0 aliphatic carbocycles. The number of carbonyl (C=O) groups is 1. The summed E-state index contributed by atoms with van der Waals surface area (Å²) in [5, 5.41) is 16.2. The molecule has 32 heavy (non-hydrogen) atoms. The van der Waals surface area contributed by atoms with Gasteiger partial charge >= 0.3 is 0 Å². The highest BCUT2D eigenvalue weighted by molar-refractivity contribution is 7.80. The molecular formula is C26H23N3O2S. The van der Waals surface area contributed by atoms with Crippen LogP contribution < -0.4 is 16.2 Å². The summed E-state index contributed by atoms with van der Waals surface area (Å²) in [6, 6.07) is 27.9. The third kappa shape index (κ3) is 4.71. The molecule has 0 fully saturated rings. The van der Waals surface area contributed by atoms with Crippen LogP contribution in [0.5, 0.6) is 5.75 Å². The van der Waals surface area contributed by atoms with E-state index in [9.17, 15) is 9.90 Å². The van der Waals surface area contributed by atoms with Crippen LogP contribution in [0.2, 0.25) is 0 Å².